The molecule has 0 spiro atoms. The largest absolute Gasteiger partial charge is 0.504 e. The normalized spacial score (nSPS) is 10.4. The number of hydrogen-bond donors (Lipinski definition) is 1. The predicted octanol–water partition coefficient (Wildman–Crippen LogP) is 1.64. The highest BCUT2D eigenvalue weighted by molar-refractivity contribution is 5.83. The Kier molecular flexibility index (Phi) is 1.43. The van der Waals surface area contributed by atoms with Crippen LogP contribution in [-0.2, 0) is 0 Å². The van der Waals surface area contributed by atoms with Crippen LogP contribution in [0.15, 0.2) is 24.7 Å². The van der Waals surface area contributed by atoms with Gasteiger partial charge in [-0.05, 0) is 18.6 Å². The molecule has 0 unspecified atom stereocenters. The van der Waals surface area contributed by atoms with E-state index in [1.54, 1.807) is 12.4 Å². The molecule has 0 saturated carbocycles. The monoisotopic (exact) mass is 160 g/mol. The second-order valence-electron chi connectivity index (χ2n) is 2.74. The summed E-state index contributed by atoms with van der Waals surface area (Å²) in [5, 5.41) is 10.2. The minimum Gasteiger partial charge on any atom is -0.504 e. The number of pyridine rings is 2. The van der Waals surface area contributed by atoms with E-state index in [4.69, 9.17) is 0 Å². The number of hydrogen-bond acceptors (Lipinski definition) is 3. The lowest BCUT2D eigenvalue weighted by molar-refractivity contribution is 0.478. The van der Waals surface area contributed by atoms with E-state index < -0.39 is 0 Å². The number of nitrogens with zero attached hydrogens (tertiary/aromatic N) is 2. The highest BCUT2D eigenvalue weighted by atomic mass is 16.3. The van der Waals surface area contributed by atoms with Gasteiger partial charge in [-0.25, -0.2) is 0 Å². The third-order valence-electron chi connectivity index (χ3n) is 1.71. The van der Waals surface area contributed by atoms with E-state index in [0.29, 0.717) is 5.52 Å². The van der Waals surface area contributed by atoms with Gasteiger partial charge in [0.15, 0.2) is 5.75 Å². The van der Waals surface area contributed by atoms with Gasteiger partial charge in [0, 0.05) is 17.8 Å². The topological polar surface area (TPSA) is 46.0 Å². The average Bonchev–Trinajstić information content (AvgIpc) is 2.04. The predicted molar refractivity (Wildman–Crippen MR) is 45.9 cm³/mol. The third kappa shape index (κ3) is 0.993. The summed E-state index contributed by atoms with van der Waals surface area (Å²) in [7, 11) is 0. The summed E-state index contributed by atoms with van der Waals surface area (Å²) in [5.41, 5.74) is 1.67. The molecule has 60 valence electrons. The molecule has 0 amide bonds. The molecule has 0 aromatic carbocycles. The zero-order valence-electron chi connectivity index (χ0n) is 6.65. The highest BCUT2D eigenvalue weighted by Crippen LogP contribution is 2.20. The molecule has 0 aliphatic carbocycles. The van der Waals surface area contributed by atoms with Crippen LogP contribution < -0.4 is 0 Å². The lowest BCUT2D eigenvalue weighted by atomic mass is 10.2. The first-order valence-corrected chi connectivity index (χ1v) is 3.67. The van der Waals surface area contributed by atoms with E-state index >= 15 is 0 Å². The van der Waals surface area contributed by atoms with E-state index in [0.717, 1.165) is 10.9 Å². The summed E-state index contributed by atoms with van der Waals surface area (Å²) < 4.78 is 0. The highest BCUT2D eigenvalue weighted by Gasteiger charge is 1.99. The molecule has 3 heteroatoms. The maximum absolute atomic E-state index is 9.34. The number of aryl methyl sites for hydroxylation is 1. The fraction of sp³-hybridized carbons (Fsp3) is 0.111. The van der Waals surface area contributed by atoms with Crippen LogP contribution in [0.2, 0.25) is 0 Å². The number of aromatic nitrogens is 2. The van der Waals surface area contributed by atoms with Gasteiger partial charge in [-0.1, -0.05) is 0 Å². The minimum absolute atomic E-state index is 0.132. The van der Waals surface area contributed by atoms with Crippen LogP contribution in [0.25, 0.3) is 10.9 Å². The lowest BCUT2D eigenvalue weighted by Crippen LogP contribution is -1.82. The Balaban J connectivity index is 2.86. The smallest absolute Gasteiger partial charge is 0.160 e. The Bertz CT molecular complexity index is 426. The second-order valence-corrected chi connectivity index (χ2v) is 2.74. The molecule has 2 rings (SSSR count). The SMILES string of the molecule is Cc1cnc2c(O)cncc2c1. The molecule has 0 aliphatic heterocycles. The van der Waals surface area contributed by atoms with Crippen molar-refractivity contribution in [3.63, 3.8) is 0 Å². The molecule has 0 bridgehead atoms. The molecule has 0 aliphatic rings. The summed E-state index contributed by atoms with van der Waals surface area (Å²) in [6.07, 6.45) is 4.81. The molecular formula is C9H8N2O. The van der Waals surface area contributed by atoms with E-state index in [9.17, 15) is 5.11 Å². The van der Waals surface area contributed by atoms with Gasteiger partial charge >= 0.3 is 0 Å². The Labute approximate surface area is 69.7 Å². The molecule has 2 aromatic heterocycles. The first-order chi connectivity index (χ1) is 5.77. The zero-order chi connectivity index (χ0) is 8.55. The van der Waals surface area contributed by atoms with Crippen molar-refractivity contribution < 1.29 is 5.11 Å². The molecule has 0 fully saturated rings. The fourth-order valence-corrected chi connectivity index (χ4v) is 1.15. The van der Waals surface area contributed by atoms with Crippen molar-refractivity contribution >= 4 is 10.9 Å². The van der Waals surface area contributed by atoms with Crippen LogP contribution in [0.1, 0.15) is 5.56 Å². The molecule has 1 N–H and O–H groups in total. The molecule has 12 heavy (non-hydrogen) atoms. The van der Waals surface area contributed by atoms with Crippen LogP contribution in [-0.4, -0.2) is 15.1 Å². The summed E-state index contributed by atoms with van der Waals surface area (Å²) in [4.78, 5) is 7.95. The van der Waals surface area contributed by atoms with E-state index in [1.807, 2.05) is 13.0 Å². The molecular weight excluding hydrogens is 152 g/mol. The Morgan fingerprint density at radius 3 is 2.92 bits per heavy atom. The van der Waals surface area contributed by atoms with Gasteiger partial charge in [0.25, 0.3) is 0 Å². The first kappa shape index (κ1) is 7.03. The number of aromatic hydroxyl groups is 1. The van der Waals surface area contributed by atoms with Crippen LogP contribution in [0, 0.1) is 6.92 Å². The Morgan fingerprint density at radius 1 is 1.25 bits per heavy atom. The number of fused-ring (bicyclic) bond motifs is 1. The standard InChI is InChI=1S/C9H8N2O/c1-6-2-7-4-10-5-8(12)9(7)11-3-6/h2-5,12H,1H3. The maximum atomic E-state index is 9.34. The van der Waals surface area contributed by atoms with Gasteiger partial charge in [-0.3, -0.25) is 9.97 Å². The molecule has 0 saturated heterocycles. The van der Waals surface area contributed by atoms with Crippen molar-refractivity contribution in [3.05, 3.63) is 30.2 Å². The summed E-state index contributed by atoms with van der Waals surface area (Å²) in [5.74, 6) is 0.132. The van der Waals surface area contributed by atoms with Crippen molar-refractivity contribution in [3.8, 4) is 5.75 Å². The summed E-state index contributed by atoms with van der Waals surface area (Å²) in [6.45, 7) is 1.95. The van der Waals surface area contributed by atoms with E-state index in [1.165, 1.54) is 6.20 Å². The van der Waals surface area contributed by atoms with Gasteiger partial charge in [0.1, 0.15) is 5.52 Å². The van der Waals surface area contributed by atoms with Gasteiger partial charge in [0.05, 0.1) is 6.20 Å². The zero-order valence-corrected chi connectivity index (χ0v) is 6.65. The van der Waals surface area contributed by atoms with Crippen LogP contribution in [0.3, 0.4) is 0 Å². The Morgan fingerprint density at radius 2 is 2.08 bits per heavy atom. The van der Waals surface area contributed by atoms with Crippen LogP contribution >= 0.6 is 0 Å². The minimum atomic E-state index is 0.132. The van der Waals surface area contributed by atoms with Crippen molar-refractivity contribution in [2.75, 3.05) is 0 Å². The van der Waals surface area contributed by atoms with E-state index in [2.05, 4.69) is 9.97 Å². The molecule has 2 aromatic rings. The van der Waals surface area contributed by atoms with Gasteiger partial charge < -0.3 is 5.11 Å². The van der Waals surface area contributed by atoms with Crippen LogP contribution in [0.4, 0.5) is 0 Å². The summed E-state index contributed by atoms with van der Waals surface area (Å²) in [6, 6.07) is 1.94. The lowest BCUT2D eigenvalue weighted by Gasteiger charge is -1.98. The Hall–Kier alpha value is -1.64. The van der Waals surface area contributed by atoms with Gasteiger partial charge in [0.2, 0.25) is 0 Å². The summed E-state index contributed by atoms with van der Waals surface area (Å²) >= 11 is 0. The van der Waals surface area contributed by atoms with Crippen molar-refractivity contribution in [1.29, 1.82) is 0 Å². The van der Waals surface area contributed by atoms with Crippen molar-refractivity contribution in [2.24, 2.45) is 0 Å². The first-order valence-electron chi connectivity index (χ1n) is 3.67. The van der Waals surface area contributed by atoms with Crippen molar-refractivity contribution in [2.45, 2.75) is 6.92 Å². The molecule has 2 heterocycles. The van der Waals surface area contributed by atoms with Gasteiger partial charge in [-0.2, -0.15) is 0 Å². The quantitative estimate of drug-likeness (QED) is 0.637. The molecule has 0 radical (unpaired) electrons. The van der Waals surface area contributed by atoms with Crippen molar-refractivity contribution in [1.82, 2.24) is 9.97 Å². The molecule has 3 nitrogen and oxygen atoms in total. The average molecular weight is 160 g/mol. The fourth-order valence-electron chi connectivity index (χ4n) is 1.15. The maximum Gasteiger partial charge on any atom is 0.160 e. The van der Waals surface area contributed by atoms with Crippen LogP contribution in [0.5, 0.6) is 5.75 Å². The third-order valence-corrected chi connectivity index (χ3v) is 1.71. The number of rotatable bonds is 0. The van der Waals surface area contributed by atoms with Gasteiger partial charge in [-0.15, -0.1) is 0 Å². The molecule has 0 atom stereocenters. The second kappa shape index (κ2) is 2.44. The van der Waals surface area contributed by atoms with E-state index in [-0.39, 0.29) is 5.75 Å².